The molecule has 0 aromatic carbocycles. The molecule has 7 heteroatoms. The van der Waals surface area contributed by atoms with E-state index in [1.807, 2.05) is 4.90 Å². The Kier molecular flexibility index (Phi) is 5.93. The fraction of sp³-hybridized carbons (Fsp3) is 0.647. The number of carbonyl (C=O) groups excluding carboxylic acids is 1. The van der Waals surface area contributed by atoms with Crippen molar-refractivity contribution in [3.63, 3.8) is 0 Å². The van der Waals surface area contributed by atoms with Gasteiger partial charge in [-0.15, -0.1) is 0 Å². The maximum Gasteiger partial charge on any atom is 0.341 e. The molecule has 3 rings (SSSR count). The monoisotopic (exact) mass is 445 g/mol. The largest absolute Gasteiger partial charge is 0.465 e. The highest BCUT2D eigenvalue weighted by atomic mass is 127. The van der Waals surface area contributed by atoms with Crippen LogP contribution >= 0.6 is 22.6 Å². The quantitative estimate of drug-likeness (QED) is 0.545. The topological polar surface area (TPSA) is 74.7 Å². The van der Waals surface area contributed by atoms with Gasteiger partial charge < -0.3 is 20.1 Å². The number of halogens is 1. The van der Waals surface area contributed by atoms with E-state index in [1.54, 1.807) is 12.3 Å². The molecule has 1 aliphatic carbocycles. The van der Waals surface area contributed by atoms with Crippen LogP contribution in [0.4, 0.5) is 5.82 Å². The molecule has 2 aliphatic rings. The summed E-state index contributed by atoms with van der Waals surface area (Å²) in [4.78, 5) is 18.4. The summed E-state index contributed by atoms with van der Waals surface area (Å²) in [6.07, 6.45) is 7.08. The molecular weight excluding hydrogens is 421 g/mol. The number of aliphatic hydroxyl groups excluding tert-OH is 1. The van der Waals surface area contributed by atoms with Crippen molar-refractivity contribution in [1.29, 1.82) is 0 Å². The van der Waals surface area contributed by atoms with E-state index in [4.69, 9.17) is 4.74 Å². The van der Waals surface area contributed by atoms with Crippen LogP contribution in [0.5, 0.6) is 0 Å². The Hall–Kier alpha value is -0.930. The molecule has 0 bridgehead atoms. The number of hydrogen-bond donors (Lipinski definition) is 2. The number of anilines is 1. The lowest BCUT2D eigenvalue weighted by atomic mass is 10.00. The van der Waals surface area contributed by atoms with E-state index in [1.165, 1.54) is 32.8 Å². The Bertz CT molecular complexity index is 592. The number of carbonyl (C=O) groups is 1. The fourth-order valence-corrected chi connectivity index (χ4v) is 4.11. The Morgan fingerprint density at radius 3 is 2.83 bits per heavy atom. The van der Waals surface area contributed by atoms with Gasteiger partial charge in [-0.05, 0) is 47.9 Å². The first kappa shape index (κ1) is 17.9. The molecule has 1 saturated carbocycles. The van der Waals surface area contributed by atoms with E-state index in [0.717, 1.165) is 16.5 Å². The van der Waals surface area contributed by atoms with Gasteiger partial charge in [0.05, 0.1) is 13.2 Å². The van der Waals surface area contributed by atoms with Crippen molar-refractivity contribution in [2.45, 2.75) is 50.3 Å². The summed E-state index contributed by atoms with van der Waals surface area (Å²) in [6, 6.07) is 2.44. The van der Waals surface area contributed by atoms with Crippen LogP contribution in [0.2, 0.25) is 0 Å². The minimum atomic E-state index is -0.467. The van der Waals surface area contributed by atoms with Gasteiger partial charge in [-0.1, -0.05) is 12.8 Å². The Labute approximate surface area is 156 Å². The summed E-state index contributed by atoms with van der Waals surface area (Å²) in [6.45, 7) is 1.24. The lowest BCUT2D eigenvalue weighted by Gasteiger charge is -2.38. The number of methoxy groups -OCH3 is 1. The van der Waals surface area contributed by atoms with Gasteiger partial charge in [0.25, 0.3) is 0 Å². The number of pyridine rings is 1. The SMILES string of the molecule is COC(=O)c1cc(I)cnc1N1CCC(NC2CCCC2)C(O)C1. The van der Waals surface area contributed by atoms with Crippen LogP contribution in [0.1, 0.15) is 42.5 Å². The third-order valence-corrected chi connectivity index (χ3v) is 5.51. The third kappa shape index (κ3) is 4.00. The van der Waals surface area contributed by atoms with Crippen LogP contribution in [0.25, 0.3) is 0 Å². The number of hydrogen-bond acceptors (Lipinski definition) is 6. The summed E-state index contributed by atoms with van der Waals surface area (Å²) in [5.41, 5.74) is 0.457. The number of nitrogens with one attached hydrogen (secondary N) is 1. The lowest BCUT2D eigenvalue weighted by Crippen LogP contribution is -2.55. The third-order valence-electron chi connectivity index (χ3n) is 4.93. The van der Waals surface area contributed by atoms with E-state index in [9.17, 15) is 9.90 Å². The van der Waals surface area contributed by atoms with Crippen molar-refractivity contribution in [3.05, 3.63) is 21.4 Å². The standard InChI is InChI=1S/C17H24IN3O3/c1-24-17(23)13-8-11(18)9-19-16(13)21-7-6-14(15(22)10-21)20-12-4-2-3-5-12/h8-9,12,14-15,20,22H,2-7,10H2,1H3. The van der Waals surface area contributed by atoms with Crippen LogP contribution in [-0.4, -0.2) is 54.4 Å². The van der Waals surface area contributed by atoms with E-state index in [-0.39, 0.29) is 6.04 Å². The zero-order chi connectivity index (χ0) is 17.1. The minimum Gasteiger partial charge on any atom is -0.465 e. The molecule has 132 valence electrons. The van der Waals surface area contributed by atoms with Gasteiger partial charge in [-0.25, -0.2) is 9.78 Å². The van der Waals surface area contributed by atoms with Crippen LogP contribution < -0.4 is 10.2 Å². The molecule has 24 heavy (non-hydrogen) atoms. The molecule has 0 spiro atoms. The van der Waals surface area contributed by atoms with E-state index < -0.39 is 12.1 Å². The summed E-state index contributed by atoms with van der Waals surface area (Å²) >= 11 is 2.13. The van der Waals surface area contributed by atoms with E-state index in [0.29, 0.717) is 24.0 Å². The first-order valence-electron chi connectivity index (χ1n) is 8.51. The normalized spacial score (nSPS) is 25.0. The van der Waals surface area contributed by atoms with Gasteiger partial charge in [0.15, 0.2) is 0 Å². The maximum absolute atomic E-state index is 12.0. The van der Waals surface area contributed by atoms with E-state index >= 15 is 0 Å². The molecule has 2 fully saturated rings. The van der Waals surface area contributed by atoms with Crippen LogP contribution in [0.15, 0.2) is 12.3 Å². The molecule has 1 aromatic rings. The number of rotatable bonds is 4. The molecular formula is C17H24IN3O3. The maximum atomic E-state index is 12.0. The van der Waals surface area contributed by atoms with Crippen molar-refractivity contribution in [2.24, 2.45) is 0 Å². The predicted molar refractivity (Wildman–Crippen MR) is 100 cm³/mol. The first-order chi connectivity index (χ1) is 11.6. The highest BCUT2D eigenvalue weighted by molar-refractivity contribution is 14.1. The smallest absolute Gasteiger partial charge is 0.341 e. The van der Waals surface area contributed by atoms with Gasteiger partial charge in [0.2, 0.25) is 0 Å². The Balaban J connectivity index is 1.70. The molecule has 2 heterocycles. The number of esters is 1. The number of ether oxygens (including phenoxy) is 1. The van der Waals surface area contributed by atoms with Crippen molar-refractivity contribution >= 4 is 34.4 Å². The zero-order valence-electron chi connectivity index (χ0n) is 13.9. The molecule has 6 nitrogen and oxygen atoms in total. The van der Waals surface area contributed by atoms with Crippen molar-refractivity contribution in [3.8, 4) is 0 Å². The van der Waals surface area contributed by atoms with E-state index in [2.05, 4.69) is 32.9 Å². The summed E-state index contributed by atoms with van der Waals surface area (Å²) in [5, 5.41) is 14.2. The van der Waals surface area contributed by atoms with Gasteiger partial charge in [-0.3, -0.25) is 0 Å². The molecule has 1 saturated heterocycles. The van der Waals surface area contributed by atoms with Crippen LogP contribution in [0, 0.1) is 3.57 Å². The molecule has 0 radical (unpaired) electrons. The van der Waals surface area contributed by atoms with Crippen molar-refractivity contribution in [2.75, 3.05) is 25.1 Å². The first-order valence-corrected chi connectivity index (χ1v) is 9.59. The average Bonchev–Trinajstić information content (AvgIpc) is 3.09. The second-order valence-corrected chi connectivity index (χ2v) is 7.82. The number of piperidine rings is 1. The Morgan fingerprint density at radius 2 is 2.17 bits per heavy atom. The summed E-state index contributed by atoms with van der Waals surface area (Å²) in [7, 11) is 1.37. The van der Waals surface area contributed by atoms with Gasteiger partial charge in [0, 0.05) is 34.9 Å². The second kappa shape index (κ2) is 7.97. The minimum absolute atomic E-state index is 0.120. The molecule has 2 unspecified atom stereocenters. The number of aromatic nitrogens is 1. The van der Waals surface area contributed by atoms with Gasteiger partial charge >= 0.3 is 5.97 Å². The second-order valence-electron chi connectivity index (χ2n) is 6.57. The molecule has 1 aromatic heterocycles. The van der Waals surface area contributed by atoms with Gasteiger partial charge in [0.1, 0.15) is 11.4 Å². The van der Waals surface area contributed by atoms with Crippen molar-refractivity contribution in [1.82, 2.24) is 10.3 Å². The number of aliphatic hydroxyl groups is 1. The zero-order valence-corrected chi connectivity index (χ0v) is 16.0. The fourth-order valence-electron chi connectivity index (χ4n) is 3.66. The predicted octanol–water partition coefficient (Wildman–Crippen LogP) is 1.94. The molecule has 2 atom stereocenters. The van der Waals surface area contributed by atoms with Gasteiger partial charge in [-0.2, -0.15) is 0 Å². The summed E-state index contributed by atoms with van der Waals surface area (Å²) < 4.78 is 5.76. The molecule has 1 aliphatic heterocycles. The average molecular weight is 445 g/mol. The van der Waals surface area contributed by atoms with Crippen LogP contribution in [0.3, 0.4) is 0 Å². The number of β-amino-alcohol motifs (C(OH)–C–C–N with tert-alkyl or cyclic N) is 1. The number of nitrogens with zero attached hydrogens (tertiary/aromatic N) is 2. The summed E-state index contributed by atoms with van der Waals surface area (Å²) in [5.74, 6) is 0.206. The van der Waals surface area contributed by atoms with Crippen molar-refractivity contribution < 1.29 is 14.6 Å². The highest BCUT2D eigenvalue weighted by Crippen LogP contribution is 2.26. The molecule has 2 N–H and O–H groups in total. The van der Waals surface area contributed by atoms with Crippen LogP contribution in [-0.2, 0) is 4.74 Å². The lowest BCUT2D eigenvalue weighted by molar-refractivity contribution is 0.0599. The molecule has 0 amide bonds. The Morgan fingerprint density at radius 1 is 1.42 bits per heavy atom. The highest BCUT2D eigenvalue weighted by Gasteiger charge is 2.32.